The van der Waals surface area contributed by atoms with Crippen LogP contribution in [0.2, 0.25) is 0 Å². The second-order valence-electron chi connectivity index (χ2n) is 5.52. The summed E-state index contributed by atoms with van der Waals surface area (Å²) in [5.41, 5.74) is 1.74. The van der Waals surface area contributed by atoms with Crippen molar-refractivity contribution in [1.29, 1.82) is 0 Å². The Bertz CT molecular complexity index is 967. The van der Waals surface area contributed by atoms with Gasteiger partial charge in [-0.15, -0.1) is 11.3 Å². The van der Waals surface area contributed by atoms with Crippen LogP contribution in [0.4, 0.5) is 8.78 Å². The fraction of sp³-hybridized carbons (Fsp3) is 0.158. The Hall–Kier alpha value is -3.00. The van der Waals surface area contributed by atoms with E-state index >= 15 is 0 Å². The predicted molar refractivity (Wildman–Crippen MR) is 99.4 cm³/mol. The third-order valence-electron chi connectivity index (χ3n) is 3.65. The lowest BCUT2D eigenvalue weighted by atomic mass is 10.1. The van der Waals surface area contributed by atoms with Crippen LogP contribution < -0.4 is 9.47 Å². The minimum atomic E-state index is -3.00. The molecule has 0 saturated heterocycles. The quantitative estimate of drug-likeness (QED) is 0.619. The lowest BCUT2D eigenvalue weighted by molar-refractivity contribution is -0.135. The molecule has 27 heavy (non-hydrogen) atoms. The smallest absolute Gasteiger partial charge is 0.387 e. The molecule has 0 radical (unpaired) electrons. The number of aromatic nitrogens is 1. The van der Waals surface area contributed by atoms with Gasteiger partial charge < -0.3 is 14.6 Å². The summed E-state index contributed by atoms with van der Waals surface area (Å²) in [6.45, 7) is -3.00. The highest BCUT2D eigenvalue weighted by atomic mass is 32.1. The van der Waals surface area contributed by atoms with E-state index in [0.29, 0.717) is 16.1 Å². The minimum Gasteiger partial charge on any atom is -0.493 e. The summed E-state index contributed by atoms with van der Waals surface area (Å²) >= 11 is 1.37. The summed E-state index contributed by atoms with van der Waals surface area (Å²) in [5.74, 6) is -0.981. The fourth-order valence-corrected chi connectivity index (χ4v) is 3.51. The van der Waals surface area contributed by atoms with Crippen LogP contribution in [0.5, 0.6) is 11.5 Å². The molecule has 0 aliphatic rings. The molecule has 2 aromatic carbocycles. The highest BCUT2D eigenvalue weighted by Gasteiger charge is 2.15. The fourth-order valence-electron chi connectivity index (χ4n) is 2.53. The predicted octanol–water partition coefficient (Wildman–Crippen LogP) is 4.92. The molecule has 0 amide bonds. The summed E-state index contributed by atoms with van der Waals surface area (Å²) in [5, 5.41) is 9.81. The van der Waals surface area contributed by atoms with E-state index in [4.69, 9.17) is 4.74 Å². The van der Waals surface area contributed by atoms with Crippen LogP contribution in [0, 0.1) is 0 Å². The van der Waals surface area contributed by atoms with Crippen molar-refractivity contribution in [3.63, 3.8) is 0 Å². The molecule has 0 spiro atoms. The molecule has 3 aromatic rings. The molecule has 3 rings (SSSR count). The summed E-state index contributed by atoms with van der Waals surface area (Å²) in [6, 6.07) is 12.0. The SMILES string of the molecule is COc1ccc(/C=C(/CC(=O)O)c2nc3ccccc3s2)cc1OC(F)F. The van der Waals surface area contributed by atoms with Gasteiger partial charge in [-0.05, 0) is 41.5 Å². The number of para-hydroxylation sites is 1. The van der Waals surface area contributed by atoms with Crippen molar-refractivity contribution in [1.82, 2.24) is 4.98 Å². The van der Waals surface area contributed by atoms with Crippen LogP contribution in [0.1, 0.15) is 17.0 Å². The largest absolute Gasteiger partial charge is 0.493 e. The van der Waals surface area contributed by atoms with Gasteiger partial charge in [-0.25, -0.2) is 4.98 Å². The number of halogens is 2. The van der Waals surface area contributed by atoms with Crippen molar-refractivity contribution in [3.05, 3.63) is 53.0 Å². The summed E-state index contributed by atoms with van der Waals surface area (Å²) in [7, 11) is 1.35. The number of fused-ring (bicyclic) bond motifs is 1. The average molecular weight is 391 g/mol. The molecule has 1 N–H and O–H groups in total. The minimum absolute atomic E-state index is 0.125. The van der Waals surface area contributed by atoms with E-state index in [9.17, 15) is 18.7 Å². The molecule has 5 nitrogen and oxygen atoms in total. The molecule has 0 aliphatic heterocycles. The number of ether oxygens (including phenoxy) is 2. The normalized spacial score (nSPS) is 11.8. The Morgan fingerprint density at radius 2 is 2.04 bits per heavy atom. The number of aliphatic carboxylic acids is 1. The molecule has 1 aromatic heterocycles. The van der Waals surface area contributed by atoms with Crippen molar-refractivity contribution in [2.45, 2.75) is 13.0 Å². The van der Waals surface area contributed by atoms with Gasteiger partial charge in [-0.1, -0.05) is 18.2 Å². The number of rotatable bonds is 7. The summed E-state index contributed by atoms with van der Waals surface area (Å²) in [4.78, 5) is 15.8. The number of hydrogen-bond acceptors (Lipinski definition) is 5. The maximum absolute atomic E-state index is 12.6. The van der Waals surface area contributed by atoms with E-state index < -0.39 is 12.6 Å². The first-order valence-corrected chi connectivity index (χ1v) is 8.69. The molecule has 0 saturated carbocycles. The second-order valence-corrected chi connectivity index (χ2v) is 6.55. The van der Waals surface area contributed by atoms with E-state index in [2.05, 4.69) is 9.72 Å². The number of methoxy groups -OCH3 is 1. The molecule has 1 heterocycles. The summed E-state index contributed by atoms with van der Waals surface area (Å²) < 4.78 is 35.6. The molecular formula is C19H15F2NO4S. The first-order chi connectivity index (χ1) is 13.0. The monoisotopic (exact) mass is 391 g/mol. The number of nitrogens with zero attached hydrogens (tertiary/aromatic N) is 1. The number of carboxylic acids is 1. The average Bonchev–Trinajstić information content (AvgIpc) is 3.05. The standard InChI is InChI=1S/C19H15F2NO4S/c1-25-14-7-6-11(9-15(14)26-19(20)21)8-12(10-17(23)24)18-22-13-4-2-3-5-16(13)27-18/h2-9,19H,10H2,1H3,(H,23,24)/b12-8-. The van der Waals surface area contributed by atoms with Gasteiger partial charge in [0.2, 0.25) is 0 Å². The Morgan fingerprint density at radius 1 is 1.26 bits per heavy atom. The van der Waals surface area contributed by atoms with E-state index in [-0.39, 0.29) is 17.9 Å². The van der Waals surface area contributed by atoms with Crippen molar-refractivity contribution in [2.24, 2.45) is 0 Å². The lowest BCUT2D eigenvalue weighted by Gasteiger charge is -2.10. The van der Waals surface area contributed by atoms with Gasteiger partial charge in [-0.2, -0.15) is 8.78 Å². The van der Waals surface area contributed by atoms with Gasteiger partial charge >= 0.3 is 12.6 Å². The molecule has 0 bridgehead atoms. The van der Waals surface area contributed by atoms with Gasteiger partial charge in [0, 0.05) is 0 Å². The lowest BCUT2D eigenvalue weighted by Crippen LogP contribution is -2.03. The number of alkyl halides is 2. The van der Waals surface area contributed by atoms with Crippen LogP contribution in [-0.4, -0.2) is 29.8 Å². The van der Waals surface area contributed by atoms with E-state index in [0.717, 1.165) is 10.2 Å². The zero-order valence-corrected chi connectivity index (χ0v) is 15.0. The molecular weight excluding hydrogens is 376 g/mol. The third kappa shape index (κ3) is 4.59. The molecule has 8 heteroatoms. The Morgan fingerprint density at radius 3 is 2.70 bits per heavy atom. The highest BCUT2D eigenvalue weighted by Crippen LogP contribution is 2.33. The Kier molecular flexibility index (Phi) is 5.66. The van der Waals surface area contributed by atoms with Gasteiger partial charge in [0.1, 0.15) is 5.01 Å². The number of benzene rings is 2. The Balaban J connectivity index is 2.04. The number of carbonyl (C=O) groups is 1. The molecule has 0 aliphatic carbocycles. The molecule has 0 fully saturated rings. The van der Waals surface area contributed by atoms with Crippen molar-refractivity contribution in [2.75, 3.05) is 7.11 Å². The molecule has 140 valence electrons. The van der Waals surface area contributed by atoms with Crippen LogP contribution in [0.15, 0.2) is 42.5 Å². The zero-order valence-electron chi connectivity index (χ0n) is 14.2. The van der Waals surface area contributed by atoms with Crippen molar-refractivity contribution < 1.29 is 28.2 Å². The van der Waals surface area contributed by atoms with Gasteiger partial charge in [0.15, 0.2) is 11.5 Å². The van der Waals surface area contributed by atoms with Crippen LogP contribution in [-0.2, 0) is 4.79 Å². The number of carboxylic acid groups (broad SMARTS) is 1. The maximum Gasteiger partial charge on any atom is 0.387 e. The van der Waals surface area contributed by atoms with Gasteiger partial charge in [0.25, 0.3) is 0 Å². The first kappa shape index (κ1) is 18.8. The van der Waals surface area contributed by atoms with E-state index in [1.165, 1.54) is 30.6 Å². The van der Waals surface area contributed by atoms with Crippen molar-refractivity contribution in [3.8, 4) is 11.5 Å². The topological polar surface area (TPSA) is 68.7 Å². The van der Waals surface area contributed by atoms with Crippen LogP contribution in [0.25, 0.3) is 21.9 Å². The third-order valence-corrected chi connectivity index (χ3v) is 4.77. The van der Waals surface area contributed by atoms with E-state index in [1.54, 1.807) is 12.1 Å². The Labute approximate surface area is 157 Å². The highest BCUT2D eigenvalue weighted by molar-refractivity contribution is 7.19. The van der Waals surface area contributed by atoms with Crippen LogP contribution in [0.3, 0.4) is 0 Å². The maximum atomic E-state index is 12.6. The van der Waals surface area contributed by atoms with E-state index in [1.807, 2.05) is 24.3 Å². The van der Waals surface area contributed by atoms with Crippen LogP contribution >= 0.6 is 11.3 Å². The van der Waals surface area contributed by atoms with Gasteiger partial charge in [-0.3, -0.25) is 4.79 Å². The number of thiazole rings is 1. The zero-order chi connectivity index (χ0) is 19.4. The van der Waals surface area contributed by atoms with Crippen molar-refractivity contribution >= 4 is 39.2 Å². The molecule has 0 atom stereocenters. The molecule has 0 unspecified atom stereocenters. The summed E-state index contributed by atoms with van der Waals surface area (Å²) in [6.07, 6.45) is 1.35. The second kappa shape index (κ2) is 8.13. The first-order valence-electron chi connectivity index (χ1n) is 7.87. The van der Waals surface area contributed by atoms with Gasteiger partial charge in [0.05, 0.1) is 23.7 Å². The number of hydrogen-bond donors (Lipinski definition) is 1.